The standard InChI is InChI=1S/C16H11ClN2O/c17-13-8-4-5-11(9-13)10-14-16(20)19-15(18-14)12-6-2-1-3-7-12/h1-10H,(H,18,19,20). The van der Waals surface area contributed by atoms with E-state index < -0.39 is 0 Å². The van der Waals surface area contributed by atoms with Crippen LogP contribution in [0.4, 0.5) is 0 Å². The second kappa shape index (κ2) is 5.31. The highest BCUT2D eigenvalue weighted by atomic mass is 35.5. The number of amidine groups is 1. The van der Waals surface area contributed by atoms with Crippen molar-refractivity contribution in [3.05, 3.63) is 76.4 Å². The second-order valence-electron chi connectivity index (χ2n) is 4.37. The average molecular weight is 283 g/mol. The van der Waals surface area contributed by atoms with Gasteiger partial charge in [-0.25, -0.2) is 4.99 Å². The molecular formula is C16H11ClN2O. The molecule has 4 heteroatoms. The van der Waals surface area contributed by atoms with Crippen molar-refractivity contribution < 1.29 is 4.79 Å². The van der Waals surface area contributed by atoms with Gasteiger partial charge in [-0.15, -0.1) is 0 Å². The van der Waals surface area contributed by atoms with E-state index in [1.165, 1.54) is 0 Å². The molecule has 3 rings (SSSR count). The molecule has 1 amide bonds. The SMILES string of the molecule is O=C1NC(c2ccccc2)=NC1=Cc1cccc(Cl)c1. The summed E-state index contributed by atoms with van der Waals surface area (Å²) in [4.78, 5) is 16.3. The first kappa shape index (κ1) is 12.6. The van der Waals surface area contributed by atoms with Gasteiger partial charge in [0.1, 0.15) is 11.5 Å². The van der Waals surface area contributed by atoms with Gasteiger partial charge in [0, 0.05) is 10.6 Å². The highest BCUT2D eigenvalue weighted by Gasteiger charge is 2.20. The predicted molar refractivity (Wildman–Crippen MR) is 80.6 cm³/mol. The molecule has 0 spiro atoms. The third-order valence-electron chi connectivity index (χ3n) is 2.90. The summed E-state index contributed by atoms with van der Waals surface area (Å²) in [7, 11) is 0. The lowest BCUT2D eigenvalue weighted by Gasteiger charge is -1.98. The average Bonchev–Trinajstić information content (AvgIpc) is 2.81. The number of carbonyl (C=O) groups excluding carboxylic acids is 1. The number of hydrogen-bond acceptors (Lipinski definition) is 2. The molecule has 0 saturated carbocycles. The molecular weight excluding hydrogens is 272 g/mol. The van der Waals surface area contributed by atoms with Gasteiger partial charge in [-0.05, 0) is 23.8 Å². The van der Waals surface area contributed by atoms with E-state index in [0.717, 1.165) is 11.1 Å². The van der Waals surface area contributed by atoms with Gasteiger partial charge < -0.3 is 5.32 Å². The Morgan fingerprint density at radius 3 is 2.60 bits per heavy atom. The van der Waals surface area contributed by atoms with E-state index in [4.69, 9.17) is 11.6 Å². The minimum absolute atomic E-state index is 0.205. The number of nitrogens with zero attached hydrogens (tertiary/aromatic N) is 1. The van der Waals surface area contributed by atoms with E-state index >= 15 is 0 Å². The summed E-state index contributed by atoms with van der Waals surface area (Å²) in [5, 5.41) is 3.39. The van der Waals surface area contributed by atoms with Crippen molar-refractivity contribution in [2.45, 2.75) is 0 Å². The number of carbonyl (C=O) groups is 1. The summed E-state index contributed by atoms with van der Waals surface area (Å²) in [6, 6.07) is 16.8. The summed E-state index contributed by atoms with van der Waals surface area (Å²) in [5.41, 5.74) is 2.11. The highest BCUT2D eigenvalue weighted by Crippen LogP contribution is 2.17. The van der Waals surface area contributed by atoms with Crippen molar-refractivity contribution in [3.8, 4) is 0 Å². The van der Waals surface area contributed by atoms with Crippen molar-refractivity contribution in [2.24, 2.45) is 4.99 Å². The summed E-state index contributed by atoms with van der Waals surface area (Å²) >= 11 is 5.93. The van der Waals surface area contributed by atoms with Crippen LogP contribution in [0.2, 0.25) is 5.02 Å². The van der Waals surface area contributed by atoms with Gasteiger partial charge in [-0.1, -0.05) is 54.1 Å². The lowest BCUT2D eigenvalue weighted by Crippen LogP contribution is -2.24. The van der Waals surface area contributed by atoms with E-state index in [0.29, 0.717) is 16.6 Å². The van der Waals surface area contributed by atoms with Crippen LogP contribution in [0.1, 0.15) is 11.1 Å². The van der Waals surface area contributed by atoms with Crippen LogP contribution in [-0.2, 0) is 4.79 Å². The molecule has 20 heavy (non-hydrogen) atoms. The molecule has 2 aromatic carbocycles. The molecule has 1 N–H and O–H groups in total. The molecule has 0 atom stereocenters. The van der Waals surface area contributed by atoms with Gasteiger partial charge in [-0.3, -0.25) is 4.79 Å². The van der Waals surface area contributed by atoms with Crippen LogP contribution >= 0.6 is 11.6 Å². The van der Waals surface area contributed by atoms with E-state index in [-0.39, 0.29) is 5.91 Å². The van der Waals surface area contributed by atoms with Gasteiger partial charge in [-0.2, -0.15) is 0 Å². The monoisotopic (exact) mass is 282 g/mol. The maximum absolute atomic E-state index is 11.9. The summed E-state index contributed by atoms with van der Waals surface area (Å²) < 4.78 is 0. The van der Waals surface area contributed by atoms with E-state index in [1.807, 2.05) is 42.5 Å². The van der Waals surface area contributed by atoms with Gasteiger partial charge >= 0.3 is 0 Å². The summed E-state index contributed by atoms with van der Waals surface area (Å²) in [6.07, 6.45) is 1.72. The van der Waals surface area contributed by atoms with E-state index in [9.17, 15) is 4.79 Å². The minimum Gasteiger partial charge on any atom is -0.305 e. The second-order valence-corrected chi connectivity index (χ2v) is 4.80. The highest BCUT2D eigenvalue weighted by molar-refractivity contribution is 6.30. The first-order chi connectivity index (χ1) is 9.72. The molecule has 1 heterocycles. The third kappa shape index (κ3) is 2.63. The molecule has 1 aliphatic heterocycles. The Morgan fingerprint density at radius 2 is 1.85 bits per heavy atom. The maximum atomic E-state index is 11.9. The van der Waals surface area contributed by atoms with Gasteiger partial charge in [0.25, 0.3) is 5.91 Å². The normalized spacial score (nSPS) is 16.1. The van der Waals surface area contributed by atoms with Crippen molar-refractivity contribution in [3.63, 3.8) is 0 Å². The van der Waals surface area contributed by atoms with Gasteiger partial charge in [0.05, 0.1) is 0 Å². The first-order valence-corrected chi connectivity index (χ1v) is 6.53. The number of aliphatic imine (C=N–C) groups is 1. The van der Waals surface area contributed by atoms with Crippen molar-refractivity contribution in [2.75, 3.05) is 0 Å². The van der Waals surface area contributed by atoms with Crippen LogP contribution in [0, 0.1) is 0 Å². The minimum atomic E-state index is -0.205. The Bertz CT molecular complexity index is 720. The zero-order valence-electron chi connectivity index (χ0n) is 10.5. The van der Waals surface area contributed by atoms with Crippen LogP contribution in [0.25, 0.3) is 6.08 Å². The fourth-order valence-electron chi connectivity index (χ4n) is 1.96. The summed E-state index contributed by atoms with van der Waals surface area (Å²) in [5.74, 6) is 0.368. The van der Waals surface area contributed by atoms with Crippen LogP contribution in [0.15, 0.2) is 65.3 Å². The van der Waals surface area contributed by atoms with Crippen molar-refractivity contribution in [1.82, 2.24) is 5.32 Å². The van der Waals surface area contributed by atoms with Crippen LogP contribution in [-0.4, -0.2) is 11.7 Å². The summed E-state index contributed by atoms with van der Waals surface area (Å²) in [6.45, 7) is 0. The lowest BCUT2D eigenvalue weighted by atomic mass is 10.2. The molecule has 0 fully saturated rings. The van der Waals surface area contributed by atoms with Crippen LogP contribution < -0.4 is 5.32 Å². The molecule has 0 bridgehead atoms. The molecule has 0 unspecified atom stereocenters. The Hall–Kier alpha value is -2.39. The third-order valence-corrected chi connectivity index (χ3v) is 3.13. The molecule has 0 aromatic heterocycles. The molecule has 0 radical (unpaired) electrons. The number of rotatable bonds is 2. The van der Waals surface area contributed by atoms with Crippen LogP contribution in [0.3, 0.4) is 0 Å². The van der Waals surface area contributed by atoms with Crippen molar-refractivity contribution in [1.29, 1.82) is 0 Å². The van der Waals surface area contributed by atoms with Gasteiger partial charge in [0.15, 0.2) is 0 Å². The Morgan fingerprint density at radius 1 is 1.05 bits per heavy atom. The smallest absolute Gasteiger partial charge is 0.275 e. The number of benzene rings is 2. The fraction of sp³-hybridized carbons (Fsp3) is 0. The molecule has 3 nitrogen and oxygen atoms in total. The number of nitrogens with one attached hydrogen (secondary N) is 1. The maximum Gasteiger partial charge on any atom is 0.275 e. The lowest BCUT2D eigenvalue weighted by molar-refractivity contribution is -0.115. The topological polar surface area (TPSA) is 41.5 Å². The largest absolute Gasteiger partial charge is 0.305 e. The van der Waals surface area contributed by atoms with E-state index in [2.05, 4.69) is 10.3 Å². The van der Waals surface area contributed by atoms with Crippen LogP contribution in [0.5, 0.6) is 0 Å². The Kier molecular flexibility index (Phi) is 3.35. The van der Waals surface area contributed by atoms with Gasteiger partial charge in [0.2, 0.25) is 0 Å². The molecule has 0 saturated heterocycles. The molecule has 2 aromatic rings. The van der Waals surface area contributed by atoms with E-state index in [1.54, 1.807) is 18.2 Å². The Balaban J connectivity index is 1.95. The zero-order valence-corrected chi connectivity index (χ0v) is 11.3. The molecule has 0 aliphatic carbocycles. The number of hydrogen-bond donors (Lipinski definition) is 1. The quantitative estimate of drug-likeness (QED) is 0.844. The Labute approximate surface area is 121 Å². The number of amides is 1. The predicted octanol–water partition coefficient (Wildman–Crippen LogP) is 3.26. The zero-order chi connectivity index (χ0) is 13.9. The molecule has 98 valence electrons. The van der Waals surface area contributed by atoms with Crippen molar-refractivity contribution >= 4 is 29.4 Å². The number of halogens is 1. The first-order valence-electron chi connectivity index (χ1n) is 6.15. The fourth-order valence-corrected chi connectivity index (χ4v) is 2.15. The molecule has 1 aliphatic rings.